The molecule has 0 aromatic rings. The monoisotopic (exact) mass is 354 g/mol. The lowest BCUT2D eigenvalue weighted by Crippen LogP contribution is -2.34. The van der Waals surface area contributed by atoms with Gasteiger partial charge in [0, 0.05) is 11.0 Å². The summed E-state index contributed by atoms with van der Waals surface area (Å²) in [7, 11) is 0. The molecule has 140 valence electrons. The summed E-state index contributed by atoms with van der Waals surface area (Å²) in [6.07, 6.45) is 9.44. The molecule has 0 heterocycles. The third kappa shape index (κ3) is 4.14. The van der Waals surface area contributed by atoms with Crippen molar-refractivity contribution in [1.82, 2.24) is 0 Å². The molecule has 2 bridgehead atoms. The van der Waals surface area contributed by atoms with E-state index >= 15 is 0 Å². The van der Waals surface area contributed by atoms with Crippen molar-refractivity contribution in [2.45, 2.75) is 91.2 Å². The Morgan fingerprint density at radius 1 is 1.29 bits per heavy atom. The lowest BCUT2D eigenvalue weighted by molar-refractivity contribution is -0.144. The smallest absolute Gasteiger partial charge is 0.306 e. The number of fused-ring (bicyclic) bond motifs is 2. The van der Waals surface area contributed by atoms with E-state index in [-0.39, 0.29) is 5.97 Å². The van der Waals surface area contributed by atoms with Gasteiger partial charge in [-0.05, 0) is 48.3 Å². The minimum atomic E-state index is 0.00465. The van der Waals surface area contributed by atoms with Crippen molar-refractivity contribution in [1.29, 1.82) is 0 Å². The molecule has 0 aromatic heterocycles. The molecule has 24 heavy (non-hydrogen) atoms. The Labute approximate surface area is 153 Å². The summed E-state index contributed by atoms with van der Waals surface area (Å²) >= 11 is 2.03. The standard InChI is InChI=1S/C21H38O2S/c1-6-8-9-16(7-2)15-23-19(22)11-13-24-18-14-17-10-12-21(18,5)20(17,3)4/h16-18H,6-15H2,1-5H3. The van der Waals surface area contributed by atoms with Gasteiger partial charge in [-0.2, -0.15) is 11.8 Å². The second-order valence-corrected chi connectivity index (χ2v) is 10.1. The molecule has 2 rings (SSSR count). The summed E-state index contributed by atoms with van der Waals surface area (Å²) in [6.45, 7) is 12.4. The van der Waals surface area contributed by atoms with Gasteiger partial charge in [0.15, 0.2) is 0 Å². The molecule has 2 fully saturated rings. The normalized spacial score (nSPS) is 32.0. The van der Waals surface area contributed by atoms with Crippen LogP contribution < -0.4 is 0 Å². The van der Waals surface area contributed by atoms with Crippen LogP contribution in [0.25, 0.3) is 0 Å². The quantitative estimate of drug-likeness (QED) is 0.444. The van der Waals surface area contributed by atoms with E-state index in [1.807, 2.05) is 11.8 Å². The highest BCUT2D eigenvalue weighted by Gasteiger charge is 2.61. The minimum Gasteiger partial charge on any atom is -0.465 e. The van der Waals surface area contributed by atoms with E-state index in [1.165, 1.54) is 38.5 Å². The Hall–Kier alpha value is -0.180. The number of thioether (sulfide) groups is 1. The molecular formula is C21H38O2S. The van der Waals surface area contributed by atoms with Gasteiger partial charge in [-0.15, -0.1) is 0 Å². The number of unbranched alkanes of at least 4 members (excludes halogenated alkanes) is 1. The number of carbonyl (C=O) groups is 1. The molecule has 4 atom stereocenters. The SMILES string of the molecule is CCCCC(CC)COC(=O)CCSC1CC2CCC1(C)C2(C)C. The third-order valence-electron chi connectivity index (χ3n) is 7.36. The first kappa shape index (κ1) is 20.1. The summed E-state index contributed by atoms with van der Waals surface area (Å²) in [5.74, 6) is 2.36. The fraction of sp³-hybridized carbons (Fsp3) is 0.952. The minimum absolute atomic E-state index is 0.00465. The van der Waals surface area contributed by atoms with Crippen LogP contribution in [-0.4, -0.2) is 23.6 Å². The Morgan fingerprint density at radius 3 is 2.58 bits per heavy atom. The van der Waals surface area contributed by atoms with Crippen LogP contribution in [-0.2, 0) is 9.53 Å². The van der Waals surface area contributed by atoms with Crippen LogP contribution in [0.3, 0.4) is 0 Å². The maximum absolute atomic E-state index is 12.0. The molecule has 3 heteroatoms. The number of esters is 1. The van der Waals surface area contributed by atoms with Gasteiger partial charge in [-0.3, -0.25) is 4.79 Å². The number of ether oxygens (including phenoxy) is 1. The lowest BCUT2D eigenvalue weighted by atomic mass is 9.71. The van der Waals surface area contributed by atoms with Gasteiger partial charge >= 0.3 is 5.97 Å². The van der Waals surface area contributed by atoms with Crippen LogP contribution in [0.5, 0.6) is 0 Å². The van der Waals surface area contributed by atoms with E-state index < -0.39 is 0 Å². The van der Waals surface area contributed by atoms with Gasteiger partial charge in [0.2, 0.25) is 0 Å². The number of rotatable bonds is 10. The first-order valence-corrected chi connectivity index (χ1v) is 11.2. The van der Waals surface area contributed by atoms with Crippen molar-refractivity contribution in [3.63, 3.8) is 0 Å². The van der Waals surface area contributed by atoms with Gasteiger partial charge in [-0.1, -0.05) is 53.9 Å². The molecule has 0 aromatic carbocycles. The van der Waals surface area contributed by atoms with Gasteiger partial charge < -0.3 is 4.74 Å². The molecule has 2 aliphatic carbocycles. The summed E-state index contributed by atoms with van der Waals surface area (Å²) in [5, 5.41) is 0.729. The molecular weight excluding hydrogens is 316 g/mol. The van der Waals surface area contributed by atoms with E-state index in [1.54, 1.807) is 0 Å². The van der Waals surface area contributed by atoms with E-state index in [2.05, 4.69) is 34.6 Å². The molecule has 0 spiro atoms. The Kier molecular flexibility index (Phi) is 7.10. The molecule has 2 saturated carbocycles. The molecule has 0 aliphatic heterocycles. The van der Waals surface area contributed by atoms with Gasteiger partial charge in [0.05, 0.1) is 13.0 Å². The molecule has 2 nitrogen and oxygen atoms in total. The summed E-state index contributed by atoms with van der Waals surface area (Å²) in [5.41, 5.74) is 0.929. The predicted octanol–water partition coefficient (Wildman–Crippen LogP) is 6.08. The second-order valence-electron chi connectivity index (χ2n) is 8.82. The van der Waals surface area contributed by atoms with Crippen molar-refractivity contribution >= 4 is 17.7 Å². The van der Waals surface area contributed by atoms with Crippen LogP contribution in [0.15, 0.2) is 0 Å². The number of hydrogen-bond donors (Lipinski definition) is 0. The van der Waals surface area contributed by atoms with Gasteiger partial charge in [0.1, 0.15) is 0 Å². The van der Waals surface area contributed by atoms with Crippen molar-refractivity contribution in [3.05, 3.63) is 0 Å². The van der Waals surface area contributed by atoms with Crippen LogP contribution in [0.1, 0.15) is 86.0 Å². The van der Waals surface area contributed by atoms with E-state index in [0.717, 1.165) is 23.3 Å². The van der Waals surface area contributed by atoms with Crippen LogP contribution in [0.2, 0.25) is 0 Å². The van der Waals surface area contributed by atoms with Crippen molar-refractivity contribution in [2.75, 3.05) is 12.4 Å². The van der Waals surface area contributed by atoms with E-state index in [9.17, 15) is 4.79 Å². The van der Waals surface area contributed by atoms with E-state index in [4.69, 9.17) is 4.74 Å². The third-order valence-corrected chi connectivity index (χ3v) is 8.92. The zero-order valence-electron chi connectivity index (χ0n) is 16.5. The topological polar surface area (TPSA) is 26.3 Å². The maximum atomic E-state index is 12.0. The van der Waals surface area contributed by atoms with Crippen molar-refractivity contribution < 1.29 is 9.53 Å². The van der Waals surface area contributed by atoms with Gasteiger partial charge in [0.25, 0.3) is 0 Å². The summed E-state index contributed by atoms with van der Waals surface area (Å²) in [6, 6.07) is 0. The van der Waals surface area contributed by atoms with Gasteiger partial charge in [-0.25, -0.2) is 0 Å². The molecule has 0 radical (unpaired) electrons. The van der Waals surface area contributed by atoms with Crippen LogP contribution in [0, 0.1) is 22.7 Å². The fourth-order valence-electron chi connectivity index (χ4n) is 4.85. The first-order chi connectivity index (χ1) is 11.3. The summed E-state index contributed by atoms with van der Waals surface area (Å²) < 4.78 is 5.53. The second kappa shape index (κ2) is 8.47. The molecule has 0 amide bonds. The van der Waals surface area contributed by atoms with Crippen LogP contribution in [0.4, 0.5) is 0 Å². The molecule has 0 N–H and O–H groups in total. The van der Waals surface area contributed by atoms with E-state index in [0.29, 0.717) is 29.8 Å². The van der Waals surface area contributed by atoms with Crippen molar-refractivity contribution in [2.24, 2.45) is 22.7 Å². The highest BCUT2D eigenvalue weighted by atomic mass is 32.2. The highest BCUT2D eigenvalue weighted by molar-refractivity contribution is 7.99. The lowest BCUT2D eigenvalue weighted by Gasteiger charge is -2.39. The Balaban J connectivity index is 1.67. The Morgan fingerprint density at radius 2 is 2.04 bits per heavy atom. The zero-order valence-corrected chi connectivity index (χ0v) is 17.3. The number of hydrogen-bond acceptors (Lipinski definition) is 3. The zero-order chi connectivity index (χ0) is 17.8. The summed E-state index contributed by atoms with van der Waals surface area (Å²) in [4.78, 5) is 12.0. The maximum Gasteiger partial charge on any atom is 0.306 e. The van der Waals surface area contributed by atoms with Crippen molar-refractivity contribution in [3.8, 4) is 0 Å². The highest BCUT2D eigenvalue weighted by Crippen LogP contribution is 2.68. The average molecular weight is 355 g/mol. The fourth-order valence-corrected chi connectivity index (χ4v) is 6.57. The number of carbonyl (C=O) groups excluding carboxylic acids is 1. The average Bonchev–Trinajstić information content (AvgIpc) is 2.88. The Bertz CT molecular complexity index is 420. The van der Waals surface area contributed by atoms with Crippen LogP contribution >= 0.6 is 11.8 Å². The largest absolute Gasteiger partial charge is 0.465 e. The first-order valence-electron chi connectivity index (χ1n) is 10.1. The predicted molar refractivity (Wildman–Crippen MR) is 104 cm³/mol. The molecule has 4 unspecified atom stereocenters. The molecule has 2 aliphatic rings. The molecule has 0 saturated heterocycles.